The normalized spacial score (nSPS) is 10.7. The van der Waals surface area contributed by atoms with Crippen LogP contribution in [0, 0.1) is 11.6 Å². The van der Waals surface area contributed by atoms with E-state index in [1.807, 2.05) is 0 Å². The molecule has 0 bridgehead atoms. The number of furan rings is 1. The van der Waals surface area contributed by atoms with Crippen LogP contribution in [0.15, 0.2) is 39.4 Å². The summed E-state index contributed by atoms with van der Waals surface area (Å²) in [7, 11) is 0. The van der Waals surface area contributed by atoms with E-state index in [1.54, 1.807) is 12.1 Å². The van der Waals surface area contributed by atoms with Gasteiger partial charge in [-0.25, -0.2) is 13.6 Å². The lowest BCUT2D eigenvalue weighted by Gasteiger charge is -2.04. The molecule has 0 aliphatic rings. The minimum absolute atomic E-state index is 0.00320. The molecule has 0 radical (unpaired) electrons. The van der Waals surface area contributed by atoms with Crippen LogP contribution in [0.5, 0.6) is 0 Å². The van der Waals surface area contributed by atoms with Crippen molar-refractivity contribution in [1.82, 2.24) is 10.2 Å². The third kappa shape index (κ3) is 3.21. The Bertz CT molecular complexity index is 849. The van der Waals surface area contributed by atoms with E-state index in [-0.39, 0.29) is 29.0 Å². The third-order valence-corrected chi connectivity index (χ3v) is 3.07. The number of esters is 1. The highest BCUT2D eigenvalue weighted by molar-refractivity contribution is 6.33. The summed E-state index contributed by atoms with van der Waals surface area (Å²) in [5, 5.41) is 7.12. The molecular formula is C14H7ClF2N2O4. The molecule has 2 aromatic heterocycles. The number of carbonyl (C=O) groups is 1. The van der Waals surface area contributed by atoms with Gasteiger partial charge in [0.1, 0.15) is 0 Å². The molecule has 3 aromatic rings. The summed E-state index contributed by atoms with van der Waals surface area (Å²) >= 11 is 5.68. The maximum absolute atomic E-state index is 13.2. The Morgan fingerprint density at radius 2 is 2.04 bits per heavy atom. The standard InChI is InChI=1S/C14H7ClF2N2O4/c15-8-5-10(17)9(16)4-7(8)14(20)22-6-12-18-19-13(23-12)11-2-1-3-21-11/h1-5H,6H2. The van der Waals surface area contributed by atoms with E-state index in [0.717, 1.165) is 0 Å². The van der Waals surface area contributed by atoms with Crippen LogP contribution in [0.3, 0.4) is 0 Å². The molecule has 0 unspecified atom stereocenters. The summed E-state index contributed by atoms with van der Waals surface area (Å²) in [6, 6.07) is 4.60. The van der Waals surface area contributed by atoms with Crippen LogP contribution in [0.4, 0.5) is 8.78 Å². The number of benzene rings is 1. The molecule has 0 saturated carbocycles. The molecule has 9 heteroatoms. The van der Waals surface area contributed by atoms with Gasteiger partial charge in [-0.2, -0.15) is 0 Å². The number of hydrogen-bond acceptors (Lipinski definition) is 6. The van der Waals surface area contributed by atoms with Gasteiger partial charge in [0.25, 0.3) is 11.8 Å². The molecule has 0 amide bonds. The van der Waals surface area contributed by atoms with E-state index in [0.29, 0.717) is 17.9 Å². The number of ether oxygens (including phenoxy) is 1. The van der Waals surface area contributed by atoms with Gasteiger partial charge in [-0.3, -0.25) is 0 Å². The molecule has 3 rings (SSSR count). The molecular weight excluding hydrogens is 334 g/mol. The van der Waals surface area contributed by atoms with Crippen molar-refractivity contribution in [2.75, 3.05) is 0 Å². The minimum atomic E-state index is -1.21. The van der Waals surface area contributed by atoms with E-state index in [4.69, 9.17) is 25.2 Å². The zero-order valence-corrected chi connectivity index (χ0v) is 12.0. The fourth-order valence-corrected chi connectivity index (χ4v) is 1.92. The van der Waals surface area contributed by atoms with Crippen LogP contribution in [-0.4, -0.2) is 16.2 Å². The Kier molecular flexibility index (Phi) is 4.07. The summed E-state index contributed by atoms with van der Waals surface area (Å²) < 4.78 is 41.3. The first kappa shape index (κ1) is 15.2. The second kappa shape index (κ2) is 6.17. The van der Waals surface area contributed by atoms with Crippen molar-refractivity contribution in [3.8, 4) is 11.7 Å². The quantitative estimate of drug-likeness (QED) is 0.533. The van der Waals surface area contributed by atoms with Crippen LogP contribution < -0.4 is 0 Å². The van der Waals surface area contributed by atoms with E-state index in [1.165, 1.54) is 6.26 Å². The molecule has 0 spiro atoms. The predicted molar refractivity (Wildman–Crippen MR) is 72.5 cm³/mol. The second-order valence-corrected chi connectivity index (χ2v) is 4.71. The Morgan fingerprint density at radius 1 is 1.26 bits per heavy atom. The molecule has 0 saturated heterocycles. The summed E-state index contributed by atoms with van der Waals surface area (Å²) in [6.07, 6.45) is 1.43. The summed E-state index contributed by atoms with van der Waals surface area (Å²) in [5.74, 6) is -2.84. The summed E-state index contributed by atoms with van der Waals surface area (Å²) in [6.45, 7) is -0.359. The van der Waals surface area contributed by atoms with Crippen molar-refractivity contribution in [3.05, 3.63) is 58.6 Å². The number of halogens is 3. The van der Waals surface area contributed by atoms with Crippen molar-refractivity contribution in [1.29, 1.82) is 0 Å². The fourth-order valence-electron chi connectivity index (χ4n) is 1.70. The van der Waals surface area contributed by atoms with Gasteiger partial charge in [0, 0.05) is 0 Å². The van der Waals surface area contributed by atoms with Crippen LogP contribution in [0.25, 0.3) is 11.7 Å². The zero-order valence-electron chi connectivity index (χ0n) is 11.3. The van der Waals surface area contributed by atoms with Crippen LogP contribution in [0.2, 0.25) is 5.02 Å². The number of rotatable bonds is 4. The van der Waals surface area contributed by atoms with Gasteiger partial charge in [-0.1, -0.05) is 11.6 Å². The first-order valence-electron chi connectivity index (χ1n) is 6.22. The predicted octanol–water partition coefficient (Wildman–Crippen LogP) is 3.62. The van der Waals surface area contributed by atoms with Crippen molar-refractivity contribution in [2.24, 2.45) is 0 Å². The molecule has 0 atom stereocenters. The highest BCUT2D eigenvalue weighted by atomic mass is 35.5. The molecule has 2 heterocycles. The molecule has 118 valence electrons. The van der Waals surface area contributed by atoms with Gasteiger partial charge in [0.15, 0.2) is 24.0 Å². The molecule has 23 heavy (non-hydrogen) atoms. The summed E-state index contributed by atoms with van der Waals surface area (Å²) in [5.41, 5.74) is -0.309. The number of aromatic nitrogens is 2. The molecule has 0 N–H and O–H groups in total. The van der Waals surface area contributed by atoms with Gasteiger partial charge in [-0.15, -0.1) is 10.2 Å². The van der Waals surface area contributed by atoms with Crippen LogP contribution in [-0.2, 0) is 11.3 Å². The smallest absolute Gasteiger partial charge is 0.340 e. The highest BCUT2D eigenvalue weighted by Crippen LogP contribution is 2.22. The highest BCUT2D eigenvalue weighted by Gasteiger charge is 2.18. The molecule has 0 aliphatic heterocycles. The Morgan fingerprint density at radius 3 is 2.78 bits per heavy atom. The van der Waals surface area contributed by atoms with Gasteiger partial charge in [0.2, 0.25) is 0 Å². The van der Waals surface area contributed by atoms with Crippen LogP contribution in [0.1, 0.15) is 16.2 Å². The average Bonchev–Trinajstić information content (AvgIpc) is 3.19. The van der Waals surface area contributed by atoms with E-state index in [2.05, 4.69) is 10.2 Å². The SMILES string of the molecule is O=C(OCc1nnc(-c2ccco2)o1)c1cc(F)c(F)cc1Cl. The topological polar surface area (TPSA) is 78.4 Å². The molecule has 0 fully saturated rings. The van der Waals surface area contributed by atoms with Gasteiger partial charge < -0.3 is 13.6 Å². The lowest BCUT2D eigenvalue weighted by molar-refractivity contribution is 0.0438. The number of hydrogen-bond donors (Lipinski definition) is 0. The Balaban J connectivity index is 1.69. The molecule has 1 aromatic carbocycles. The largest absolute Gasteiger partial charge is 0.459 e. The van der Waals surface area contributed by atoms with E-state index in [9.17, 15) is 13.6 Å². The third-order valence-electron chi connectivity index (χ3n) is 2.76. The van der Waals surface area contributed by atoms with Crippen molar-refractivity contribution in [3.63, 3.8) is 0 Å². The monoisotopic (exact) mass is 340 g/mol. The average molecular weight is 341 g/mol. The minimum Gasteiger partial charge on any atom is -0.459 e. The van der Waals surface area contributed by atoms with Crippen molar-refractivity contribution >= 4 is 17.6 Å². The zero-order chi connectivity index (χ0) is 16.4. The van der Waals surface area contributed by atoms with Crippen molar-refractivity contribution in [2.45, 2.75) is 6.61 Å². The number of carbonyl (C=O) groups excluding carboxylic acids is 1. The molecule has 6 nitrogen and oxygen atoms in total. The second-order valence-electron chi connectivity index (χ2n) is 4.30. The van der Waals surface area contributed by atoms with Gasteiger partial charge >= 0.3 is 5.97 Å². The lowest BCUT2D eigenvalue weighted by Crippen LogP contribution is -2.07. The maximum atomic E-state index is 13.2. The van der Waals surface area contributed by atoms with Gasteiger partial charge in [-0.05, 0) is 24.3 Å². The Hall–Kier alpha value is -2.74. The Labute approximate surface area is 132 Å². The first-order valence-corrected chi connectivity index (χ1v) is 6.60. The lowest BCUT2D eigenvalue weighted by atomic mass is 10.2. The van der Waals surface area contributed by atoms with Crippen LogP contribution >= 0.6 is 11.6 Å². The fraction of sp³-hybridized carbons (Fsp3) is 0.0714. The van der Waals surface area contributed by atoms with Crippen molar-refractivity contribution < 1.29 is 27.1 Å². The van der Waals surface area contributed by atoms with Gasteiger partial charge in [0.05, 0.1) is 16.8 Å². The number of nitrogens with zero attached hydrogens (tertiary/aromatic N) is 2. The maximum Gasteiger partial charge on any atom is 0.340 e. The van der Waals surface area contributed by atoms with E-state index < -0.39 is 17.6 Å². The first-order chi connectivity index (χ1) is 11.0. The van der Waals surface area contributed by atoms with E-state index >= 15 is 0 Å². The summed E-state index contributed by atoms with van der Waals surface area (Å²) in [4.78, 5) is 11.8. The molecule has 0 aliphatic carbocycles.